The van der Waals surface area contributed by atoms with E-state index in [0.29, 0.717) is 11.1 Å². The number of benzene rings is 1. The van der Waals surface area contributed by atoms with E-state index in [9.17, 15) is 23.6 Å². The Bertz CT molecular complexity index is 1070. The molecule has 146 valence electrons. The van der Waals surface area contributed by atoms with Gasteiger partial charge < -0.3 is 19.5 Å². The Morgan fingerprint density at radius 2 is 2.04 bits per heavy atom. The van der Waals surface area contributed by atoms with Crippen LogP contribution in [0.3, 0.4) is 0 Å². The van der Waals surface area contributed by atoms with Gasteiger partial charge >= 0.3 is 0 Å². The molecule has 2 N–H and O–H groups in total. The maximum atomic E-state index is 13.0. The van der Waals surface area contributed by atoms with Crippen LogP contribution in [0, 0.1) is 5.82 Å². The first-order chi connectivity index (χ1) is 13.4. The third kappa shape index (κ3) is 4.15. The zero-order valence-corrected chi connectivity index (χ0v) is 15.8. The molecule has 3 aromatic rings. The highest BCUT2D eigenvalue weighted by Crippen LogP contribution is 2.24. The Kier molecular flexibility index (Phi) is 5.96. The summed E-state index contributed by atoms with van der Waals surface area (Å²) in [7, 11) is 0. The normalized spacial score (nSPS) is 12.1. The molecule has 0 aliphatic heterocycles. The van der Waals surface area contributed by atoms with E-state index in [0.717, 1.165) is 0 Å². The van der Waals surface area contributed by atoms with Gasteiger partial charge in [-0.05, 0) is 29.8 Å². The molecule has 3 rings (SSSR count). The second kappa shape index (κ2) is 8.41. The number of fused-ring (bicyclic) bond motifs is 1. The van der Waals surface area contributed by atoms with Crippen molar-refractivity contribution in [3.05, 3.63) is 69.9 Å². The van der Waals surface area contributed by atoms with Gasteiger partial charge in [0.15, 0.2) is 5.75 Å². The number of pyridine rings is 2. The van der Waals surface area contributed by atoms with Gasteiger partial charge in [0.25, 0.3) is 11.5 Å². The summed E-state index contributed by atoms with van der Waals surface area (Å²) in [6.07, 6.45) is 2.96. The molecule has 1 aromatic carbocycles. The number of nitrogens with one attached hydrogen (secondary N) is 1. The van der Waals surface area contributed by atoms with Gasteiger partial charge in [-0.3, -0.25) is 14.6 Å². The van der Waals surface area contributed by atoms with E-state index in [2.05, 4.69) is 10.3 Å². The maximum absolute atomic E-state index is 13.0. The van der Waals surface area contributed by atoms with Crippen LogP contribution >= 0.6 is 0 Å². The highest BCUT2D eigenvalue weighted by molar-refractivity contribution is 7.90. The van der Waals surface area contributed by atoms with E-state index >= 15 is 0 Å². The number of rotatable bonds is 6. The van der Waals surface area contributed by atoms with E-state index in [1.165, 1.54) is 41.3 Å². The molecule has 0 bridgehead atoms. The third-order valence-electron chi connectivity index (χ3n) is 4.19. The van der Waals surface area contributed by atoms with Crippen molar-refractivity contribution >= 4 is 28.1 Å². The molecule has 2 aromatic heterocycles. The molecule has 0 saturated carbocycles. The fourth-order valence-corrected chi connectivity index (χ4v) is 3.22. The summed E-state index contributed by atoms with van der Waals surface area (Å²) in [4.78, 5) is 29.6. The predicted molar refractivity (Wildman–Crippen MR) is 104 cm³/mol. The number of aromatic nitrogens is 2. The fraction of sp³-hybridized carbons (Fsp3) is 0.211. The molecule has 0 saturated heterocycles. The minimum absolute atomic E-state index is 0.0528. The van der Waals surface area contributed by atoms with Crippen molar-refractivity contribution in [1.82, 2.24) is 14.9 Å². The van der Waals surface area contributed by atoms with Crippen LogP contribution in [0.4, 0.5) is 4.39 Å². The summed E-state index contributed by atoms with van der Waals surface area (Å²) < 4.78 is 25.7. The fourth-order valence-electron chi connectivity index (χ4n) is 2.78. The summed E-state index contributed by atoms with van der Waals surface area (Å²) in [5.41, 5.74) is -0.0356. The molecule has 1 atom stereocenters. The first-order valence-corrected chi connectivity index (χ1v) is 10.1. The predicted octanol–water partition coefficient (Wildman–Crippen LogP) is 1.55. The van der Waals surface area contributed by atoms with Crippen molar-refractivity contribution in [2.24, 2.45) is 0 Å². The van der Waals surface area contributed by atoms with Crippen molar-refractivity contribution in [1.29, 1.82) is 0 Å². The van der Waals surface area contributed by atoms with Gasteiger partial charge in [-0.15, -0.1) is 0 Å². The van der Waals surface area contributed by atoms with Crippen LogP contribution < -0.4 is 10.9 Å². The Hall–Kier alpha value is -2.91. The number of amides is 1. The standard InChI is InChI=1S/C19H18FN3O4S/c1-28(27)10-9-23-14-3-2-8-21-16(14)17(24)15(19(23)26)18(25)22-11-12-4-6-13(20)7-5-12/h2-8,24H,9-11H2,1H3,(H,22,25). The Balaban J connectivity index is 1.98. The summed E-state index contributed by atoms with van der Waals surface area (Å²) >= 11 is -1.14. The minimum atomic E-state index is -1.14. The monoisotopic (exact) mass is 403 g/mol. The van der Waals surface area contributed by atoms with E-state index in [1.54, 1.807) is 12.1 Å². The first kappa shape index (κ1) is 19.8. The van der Waals surface area contributed by atoms with Crippen LogP contribution in [0.15, 0.2) is 47.4 Å². The zero-order valence-electron chi connectivity index (χ0n) is 15.0. The van der Waals surface area contributed by atoms with Gasteiger partial charge in [0.05, 0.1) is 18.3 Å². The van der Waals surface area contributed by atoms with Crippen LogP contribution in [0.5, 0.6) is 5.75 Å². The number of nitrogens with zero attached hydrogens (tertiary/aromatic N) is 2. The van der Waals surface area contributed by atoms with E-state index in [4.69, 9.17) is 0 Å². The number of hydrogen-bond donors (Lipinski definition) is 2. The molecule has 0 radical (unpaired) electrons. The van der Waals surface area contributed by atoms with E-state index in [1.807, 2.05) is 0 Å². The van der Waals surface area contributed by atoms with Gasteiger partial charge in [-0.2, -0.15) is 0 Å². The van der Waals surface area contributed by atoms with Crippen LogP contribution in [-0.4, -0.2) is 37.1 Å². The number of halogens is 1. The number of aromatic hydroxyl groups is 1. The summed E-state index contributed by atoms with van der Waals surface area (Å²) in [6, 6.07) is 8.74. The van der Waals surface area contributed by atoms with Gasteiger partial charge in [0, 0.05) is 12.7 Å². The average Bonchev–Trinajstić information content (AvgIpc) is 2.67. The summed E-state index contributed by atoms with van der Waals surface area (Å²) in [5, 5.41) is 13.0. The molecule has 1 unspecified atom stereocenters. The van der Waals surface area contributed by atoms with Crippen molar-refractivity contribution in [3.63, 3.8) is 0 Å². The number of hydrogen-bond acceptors (Lipinski definition) is 5. The number of carbonyl (C=O) groups is 1. The molecule has 7 nitrogen and oxygen atoms in total. The second-order valence-corrected chi connectivity index (χ2v) is 7.69. The van der Waals surface area contributed by atoms with Crippen LogP contribution in [-0.2, 0) is 24.3 Å². The van der Waals surface area contributed by atoms with Crippen molar-refractivity contribution in [2.45, 2.75) is 13.1 Å². The quantitative estimate of drug-likeness (QED) is 0.607. The van der Waals surface area contributed by atoms with Gasteiger partial charge in [0.1, 0.15) is 22.7 Å². The first-order valence-electron chi connectivity index (χ1n) is 8.41. The lowest BCUT2D eigenvalue weighted by Crippen LogP contribution is -2.34. The average molecular weight is 403 g/mol. The van der Waals surface area contributed by atoms with Crippen LogP contribution in [0.1, 0.15) is 15.9 Å². The lowest BCUT2D eigenvalue weighted by molar-refractivity contribution is 0.0946. The Labute approximate surface area is 163 Å². The minimum Gasteiger partial charge on any atom is -0.617 e. The van der Waals surface area contributed by atoms with E-state index < -0.39 is 39.8 Å². The number of carbonyl (C=O) groups excluding carboxylic acids is 1. The van der Waals surface area contributed by atoms with Crippen LogP contribution in [0.25, 0.3) is 11.0 Å². The summed E-state index contributed by atoms with van der Waals surface area (Å²) in [5.74, 6) is -1.47. The molecular weight excluding hydrogens is 385 g/mol. The lowest BCUT2D eigenvalue weighted by atomic mass is 10.1. The third-order valence-corrected chi connectivity index (χ3v) is 4.95. The van der Waals surface area contributed by atoms with Crippen molar-refractivity contribution < 1.29 is 18.8 Å². The largest absolute Gasteiger partial charge is 0.617 e. The van der Waals surface area contributed by atoms with Crippen molar-refractivity contribution in [2.75, 3.05) is 12.0 Å². The molecule has 28 heavy (non-hydrogen) atoms. The van der Waals surface area contributed by atoms with Crippen molar-refractivity contribution in [3.8, 4) is 5.75 Å². The smallest absolute Gasteiger partial charge is 0.267 e. The van der Waals surface area contributed by atoms with Gasteiger partial charge in [0.2, 0.25) is 0 Å². The van der Waals surface area contributed by atoms with Gasteiger partial charge in [-0.1, -0.05) is 23.3 Å². The molecule has 0 fully saturated rings. The number of aryl methyl sites for hydroxylation is 1. The Morgan fingerprint density at radius 1 is 1.32 bits per heavy atom. The van der Waals surface area contributed by atoms with Crippen LogP contribution in [0.2, 0.25) is 0 Å². The topological polar surface area (TPSA) is 107 Å². The molecule has 9 heteroatoms. The molecule has 0 aliphatic carbocycles. The molecule has 2 heterocycles. The maximum Gasteiger partial charge on any atom is 0.267 e. The zero-order chi connectivity index (χ0) is 20.3. The SMILES string of the molecule is C[S+]([O-])CCn1c(=O)c(C(=O)NCc2ccc(F)cc2)c(O)c2ncccc21. The molecule has 1 amide bonds. The van der Waals surface area contributed by atoms with Gasteiger partial charge in [-0.25, -0.2) is 4.39 Å². The Morgan fingerprint density at radius 3 is 2.71 bits per heavy atom. The highest BCUT2D eigenvalue weighted by Gasteiger charge is 2.23. The highest BCUT2D eigenvalue weighted by atomic mass is 32.2. The molecule has 0 aliphatic rings. The lowest BCUT2D eigenvalue weighted by Gasteiger charge is -2.14. The molecular formula is C19H18FN3O4S. The van der Waals surface area contributed by atoms with E-state index in [-0.39, 0.29) is 24.4 Å². The molecule has 0 spiro atoms. The summed E-state index contributed by atoms with van der Waals surface area (Å²) in [6.45, 7) is 0.167. The second-order valence-electron chi connectivity index (χ2n) is 6.14.